The maximum absolute atomic E-state index is 12.8. The van der Waals surface area contributed by atoms with Crippen LogP contribution < -0.4 is 4.80 Å². The summed E-state index contributed by atoms with van der Waals surface area (Å²) in [5.41, 5.74) is 0.828. The fourth-order valence-electron chi connectivity index (χ4n) is 2.76. The Hall–Kier alpha value is -2.49. The Balaban J connectivity index is 2.10. The van der Waals surface area contributed by atoms with E-state index in [2.05, 4.69) is 4.99 Å². The van der Waals surface area contributed by atoms with Crippen molar-refractivity contribution in [3.8, 4) is 0 Å². The molecule has 3 rings (SSSR count). The molecule has 0 unspecified atom stereocenters. The topological polar surface area (TPSA) is 94.8 Å². The molecule has 0 atom stereocenters. The lowest BCUT2D eigenvalue weighted by atomic mass is 10.2. The molecule has 0 fully saturated rings. The molecular weight excluding hydrogens is 448 g/mol. The van der Waals surface area contributed by atoms with Crippen LogP contribution in [0, 0.1) is 0 Å². The summed E-state index contributed by atoms with van der Waals surface area (Å²) in [5, 5.41) is 0.516. The molecule has 0 radical (unpaired) electrons. The summed E-state index contributed by atoms with van der Waals surface area (Å²) in [6.45, 7) is 3.36. The number of fused-ring (bicyclic) bond motifs is 1. The van der Waals surface area contributed by atoms with Crippen LogP contribution in [0.5, 0.6) is 0 Å². The van der Waals surface area contributed by atoms with E-state index in [-0.39, 0.29) is 34.2 Å². The second kappa shape index (κ2) is 9.11. The molecular formula is C20H19ClN2O5S2. The number of benzene rings is 2. The van der Waals surface area contributed by atoms with E-state index in [0.29, 0.717) is 10.5 Å². The summed E-state index contributed by atoms with van der Waals surface area (Å²) in [5.74, 6) is -1.14. The molecule has 3 aromatic rings. The van der Waals surface area contributed by atoms with Crippen molar-refractivity contribution in [2.24, 2.45) is 4.99 Å². The number of thiazole rings is 1. The van der Waals surface area contributed by atoms with Gasteiger partial charge in [0.1, 0.15) is 6.54 Å². The Morgan fingerprint density at radius 1 is 1.17 bits per heavy atom. The van der Waals surface area contributed by atoms with Crippen LogP contribution in [-0.4, -0.2) is 37.2 Å². The number of nitrogens with zero attached hydrogens (tertiary/aromatic N) is 2. The Kier molecular flexibility index (Phi) is 6.74. The van der Waals surface area contributed by atoms with Crippen LogP contribution in [0.15, 0.2) is 52.4 Å². The van der Waals surface area contributed by atoms with Crippen molar-refractivity contribution in [1.82, 2.24) is 4.57 Å². The molecule has 10 heteroatoms. The van der Waals surface area contributed by atoms with E-state index in [1.54, 1.807) is 29.7 Å². The van der Waals surface area contributed by atoms with Gasteiger partial charge in [-0.2, -0.15) is 4.99 Å². The molecule has 0 saturated carbocycles. The molecule has 0 aliphatic rings. The van der Waals surface area contributed by atoms with E-state index in [1.807, 2.05) is 0 Å². The number of hydrogen-bond acceptors (Lipinski definition) is 6. The number of halogens is 1. The van der Waals surface area contributed by atoms with Crippen LogP contribution in [0.25, 0.3) is 10.2 Å². The second-order valence-electron chi connectivity index (χ2n) is 6.24. The fourth-order valence-corrected chi connectivity index (χ4v) is 4.99. The van der Waals surface area contributed by atoms with Gasteiger partial charge in [0, 0.05) is 10.6 Å². The summed E-state index contributed by atoms with van der Waals surface area (Å²) in [7, 11) is -3.46. The number of ether oxygens (including phenoxy) is 1. The lowest BCUT2D eigenvalue weighted by Crippen LogP contribution is -2.23. The number of hydrogen-bond donors (Lipinski definition) is 0. The van der Waals surface area contributed by atoms with Gasteiger partial charge < -0.3 is 9.30 Å². The first-order chi connectivity index (χ1) is 14.2. The SMILES string of the molecule is CCOC(=O)Cn1c(=NC(=O)c2cccc(S(=O)(=O)CC)c2)sc2cc(Cl)ccc21. The van der Waals surface area contributed by atoms with E-state index in [4.69, 9.17) is 16.3 Å². The van der Waals surface area contributed by atoms with Crippen LogP contribution in [0.3, 0.4) is 0 Å². The average molecular weight is 467 g/mol. The molecule has 30 heavy (non-hydrogen) atoms. The number of amides is 1. The molecule has 7 nitrogen and oxygen atoms in total. The number of sulfone groups is 1. The minimum atomic E-state index is -3.46. The first-order valence-corrected chi connectivity index (χ1v) is 12.0. The molecule has 2 aromatic carbocycles. The molecule has 0 aliphatic heterocycles. The maximum atomic E-state index is 12.8. The Morgan fingerprint density at radius 2 is 1.93 bits per heavy atom. The van der Waals surface area contributed by atoms with Crippen molar-refractivity contribution >= 4 is 54.9 Å². The normalized spacial score (nSPS) is 12.3. The molecule has 0 bridgehead atoms. The van der Waals surface area contributed by atoms with Gasteiger partial charge in [-0.3, -0.25) is 9.59 Å². The number of carbonyl (C=O) groups is 2. The minimum Gasteiger partial charge on any atom is -0.465 e. The van der Waals surface area contributed by atoms with E-state index < -0.39 is 21.7 Å². The monoisotopic (exact) mass is 466 g/mol. The zero-order chi connectivity index (χ0) is 21.9. The molecule has 0 N–H and O–H groups in total. The molecule has 1 amide bonds. The fraction of sp³-hybridized carbons (Fsp3) is 0.250. The van der Waals surface area contributed by atoms with Gasteiger partial charge in [-0.25, -0.2) is 8.42 Å². The number of rotatable bonds is 6. The summed E-state index contributed by atoms with van der Waals surface area (Å²) in [6, 6.07) is 10.9. The standard InChI is InChI=1S/C20H19ClN2O5S2/c1-3-28-18(24)12-23-16-9-8-14(21)11-17(16)29-20(23)22-19(25)13-6-5-7-15(10-13)30(26,27)4-2/h5-11H,3-4,12H2,1-2H3. The van der Waals surface area contributed by atoms with Gasteiger partial charge in [0.25, 0.3) is 5.91 Å². The molecule has 0 saturated heterocycles. The zero-order valence-corrected chi connectivity index (χ0v) is 18.7. The van der Waals surface area contributed by atoms with Gasteiger partial charge in [-0.1, -0.05) is 35.9 Å². The van der Waals surface area contributed by atoms with Gasteiger partial charge in [0.05, 0.1) is 27.5 Å². The first kappa shape index (κ1) is 22.2. The molecule has 1 aromatic heterocycles. The molecule has 158 valence electrons. The highest BCUT2D eigenvalue weighted by atomic mass is 35.5. The van der Waals surface area contributed by atoms with Crippen molar-refractivity contribution in [3.05, 3.63) is 57.9 Å². The van der Waals surface area contributed by atoms with Crippen LogP contribution in [0.1, 0.15) is 24.2 Å². The highest BCUT2D eigenvalue weighted by molar-refractivity contribution is 7.91. The van der Waals surface area contributed by atoms with Crippen molar-refractivity contribution in [3.63, 3.8) is 0 Å². The van der Waals surface area contributed by atoms with Crippen molar-refractivity contribution in [2.45, 2.75) is 25.3 Å². The summed E-state index contributed by atoms with van der Waals surface area (Å²) >= 11 is 7.26. The van der Waals surface area contributed by atoms with E-state index in [0.717, 1.165) is 4.70 Å². The number of carbonyl (C=O) groups excluding carboxylic acids is 2. The lowest BCUT2D eigenvalue weighted by molar-refractivity contribution is -0.143. The van der Waals surface area contributed by atoms with Crippen LogP contribution in [0.2, 0.25) is 5.02 Å². The van der Waals surface area contributed by atoms with Crippen LogP contribution >= 0.6 is 22.9 Å². The van der Waals surface area contributed by atoms with Crippen molar-refractivity contribution in [1.29, 1.82) is 0 Å². The Morgan fingerprint density at radius 3 is 2.63 bits per heavy atom. The third-order valence-electron chi connectivity index (χ3n) is 4.25. The molecule has 1 heterocycles. The van der Waals surface area contributed by atoms with Crippen LogP contribution in [0.4, 0.5) is 0 Å². The third-order valence-corrected chi connectivity index (χ3v) is 7.26. The quantitative estimate of drug-likeness (QED) is 0.518. The van der Waals surface area contributed by atoms with Crippen molar-refractivity contribution < 1.29 is 22.7 Å². The third kappa shape index (κ3) is 4.80. The predicted octanol–water partition coefficient (Wildman–Crippen LogP) is 3.45. The number of esters is 1. The maximum Gasteiger partial charge on any atom is 0.326 e. The van der Waals surface area contributed by atoms with Gasteiger partial charge in [0.15, 0.2) is 14.6 Å². The molecule has 0 aliphatic carbocycles. The van der Waals surface area contributed by atoms with E-state index in [1.165, 1.54) is 42.5 Å². The molecule has 0 spiro atoms. The largest absolute Gasteiger partial charge is 0.465 e. The minimum absolute atomic E-state index is 0.0635. The van der Waals surface area contributed by atoms with E-state index >= 15 is 0 Å². The zero-order valence-electron chi connectivity index (χ0n) is 16.3. The number of aromatic nitrogens is 1. The second-order valence-corrected chi connectivity index (χ2v) is 9.96. The Bertz CT molecular complexity index is 1290. The van der Waals surface area contributed by atoms with Crippen molar-refractivity contribution in [2.75, 3.05) is 12.4 Å². The van der Waals surface area contributed by atoms with Gasteiger partial charge >= 0.3 is 5.97 Å². The first-order valence-electron chi connectivity index (χ1n) is 9.11. The van der Waals surface area contributed by atoms with Crippen LogP contribution in [-0.2, 0) is 25.9 Å². The van der Waals surface area contributed by atoms with E-state index in [9.17, 15) is 18.0 Å². The summed E-state index contributed by atoms with van der Waals surface area (Å²) in [6.07, 6.45) is 0. The predicted molar refractivity (Wildman–Crippen MR) is 116 cm³/mol. The smallest absolute Gasteiger partial charge is 0.326 e. The summed E-state index contributed by atoms with van der Waals surface area (Å²) < 4.78 is 31.6. The van der Waals surface area contributed by atoms with Gasteiger partial charge in [0.2, 0.25) is 0 Å². The highest BCUT2D eigenvalue weighted by Crippen LogP contribution is 2.22. The summed E-state index contributed by atoms with van der Waals surface area (Å²) in [4.78, 5) is 29.3. The average Bonchev–Trinajstić information content (AvgIpc) is 3.04. The Labute approximate surface area is 182 Å². The van der Waals surface area contributed by atoms with Gasteiger partial charge in [-0.05, 0) is 43.3 Å². The lowest BCUT2D eigenvalue weighted by Gasteiger charge is -2.05. The van der Waals surface area contributed by atoms with Gasteiger partial charge in [-0.15, -0.1) is 0 Å². The highest BCUT2D eigenvalue weighted by Gasteiger charge is 2.16.